The zero-order chi connectivity index (χ0) is 39.0. The van der Waals surface area contributed by atoms with E-state index in [4.69, 9.17) is 14.2 Å². The largest absolute Gasteiger partial charge is 0.480 e. The van der Waals surface area contributed by atoms with Crippen molar-refractivity contribution in [1.82, 2.24) is 0 Å². The lowest BCUT2D eigenvalue weighted by atomic mass is 9.39. The molecule has 0 unspecified atom stereocenters. The standard InChI is InChI=1S/C44H64O10/c1-23(45)52-26-19-42(50)21-40(16-10-28-36(3,4)30(47)12-14-38(28,7)32(26)40)34-25(42)9-18-44(54-34)35(49)41-17-11-29-37(5,6)31(48)13-15-39(29,8)33(41)27(53-24(2)46)20-43(44,51)22-41/h26-33,47-48,50-51H,9-22H2,1-8H3/t26-,27+,28+,29-,30+,31-,32+,33+,38+,39-,40+,41-,42-,43+,44-/m1/s1. The van der Waals surface area contributed by atoms with Gasteiger partial charge in [-0.1, -0.05) is 41.5 Å². The van der Waals surface area contributed by atoms with E-state index in [2.05, 4.69) is 41.5 Å². The van der Waals surface area contributed by atoms with E-state index in [1.807, 2.05) is 0 Å². The van der Waals surface area contributed by atoms with E-state index in [9.17, 15) is 30.0 Å². The fraction of sp³-hybridized carbons (Fsp3) is 0.886. The van der Waals surface area contributed by atoms with Crippen LogP contribution in [-0.2, 0) is 28.6 Å². The molecule has 0 aromatic carbocycles. The van der Waals surface area contributed by atoms with Crippen molar-refractivity contribution >= 4 is 17.7 Å². The summed E-state index contributed by atoms with van der Waals surface area (Å²) in [5.41, 5.74) is -6.95. The SMILES string of the molecule is CC(=O)O[C@H]1C[C@]2(O)C[C@@]3(CC[C@@H]4C(C)(C)[C@H](O)CC[C@@]4(C)[C@H]13)C(=O)[C@]21CCC2=C(O1)[C@]13CC[C@H]4C(C)(C)[C@@H](O)CC[C@]4(C)[C@@H]1[C@H](OC(C)=O)C[C@@]2(O)C3. The van der Waals surface area contributed by atoms with Gasteiger partial charge in [-0.3, -0.25) is 14.4 Å². The molecular weight excluding hydrogens is 688 g/mol. The van der Waals surface area contributed by atoms with Crippen molar-refractivity contribution in [3.63, 3.8) is 0 Å². The van der Waals surface area contributed by atoms with Crippen LogP contribution in [0.4, 0.5) is 0 Å². The minimum Gasteiger partial charge on any atom is -0.480 e. The number of carbonyl (C=O) groups excluding carboxylic acids is 3. The number of hydrogen-bond donors (Lipinski definition) is 4. The molecule has 7 saturated carbocycles. The van der Waals surface area contributed by atoms with Crippen molar-refractivity contribution in [2.45, 2.75) is 187 Å². The van der Waals surface area contributed by atoms with Gasteiger partial charge in [-0.15, -0.1) is 0 Å². The van der Waals surface area contributed by atoms with Gasteiger partial charge in [0, 0.05) is 55.8 Å². The summed E-state index contributed by atoms with van der Waals surface area (Å²) < 4.78 is 19.9. The van der Waals surface area contributed by atoms with E-state index < -0.39 is 74.8 Å². The van der Waals surface area contributed by atoms with Gasteiger partial charge in [-0.05, 0) is 110 Å². The van der Waals surface area contributed by atoms with Crippen molar-refractivity contribution in [3.05, 3.63) is 11.3 Å². The number of aliphatic hydroxyl groups is 4. The monoisotopic (exact) mass is 752 g/mol. The predicted molar refractivity (Wildman–Crippen MR) is 196 cm³/mol. The summed E-state index contributed by atoms with van der Waals surface area (Å²) in [5.74, 6) is -0.637. The predicted octanol–water partition coefficient (Wildman–Crippen LogP) is 5.70. The second-order valence-corrected chi connectivity index (χ2v) is 21.9. The van der Waals surface area contributed by atoms with Crippen LogP contribution >= 0.6 is 0 Å². The number of allylic oxidation sites excluding steroid dienone is 1. The van der Waals surface area contributed by atoms with E-state index in [0.29, 0.717) is 57.1 Å². The smallest absolute Gasteiger partial charge is 0.302 e. The minimum absolute atomic E-state index is 0.0846. The lowest BCUT2D eigenvalue weighted by molar-refractivity contribution is -0.242. The number of Topliss-reactive ketones (excluding diaryl/α,β-unsaturated/α-hetero) is 1. The number of rotatable bonds is 2. The molecule has 0 saturated heterocycles. The molecule has 9 rings (SSSR count). The molecule has 0 aromatic heterocycles. The first kappa shape index (κ1) is 37.6. The van der Waals surface area contributed by atoms with Crippen molar-refractivity contribution in [2.24, 2.45) is 56.2 Å². The average Bonchev–Trinajstić information content (AvgIpc) is 3.32. The van der Waals surface area contributed by atoms with Crippen molar-refractivity contribution < 1.29 is 49.0 Å². The van der Waals surface area contributed by atoms with Crippen molar-refractivity contribution in [1.29, 1.82) is 0 Å². The Morgan fingerprint density at radius 2 is 1.19 bits per heavy atom. The highest BCUT2D eigenvalue weighted by Crippen LogP contribution is 2.78. The van der Waals surface area contributed by atoms with Gasteiger partial charge < -0.3 is 34.6 Å². The zero-order valence-corrected chi connectivity index (χ0v) is 33.8. The molecule has 54 heavy (non-hydrogen) atoms. The van der Waals surface area contributed by atoms with Crippen LogP contribution in [0, 0.1) is 56.2 Å². The van der Waals surface area contributed by atoms with Gasteiger partial charge in [-0.25, -0.2) is 0 Å². The molecule has 7 fully saturated rings. The zero-order valence-electron chi connectivity index (χ0n) is 33.8. The topological polar surface area (TPSA) is 160 Å². The number of aliphatic hydroxyl groups excluding tert-OH is 2. The van der Waals surface area contributed by atoms with Crippen LogP contribution in [-0.4, -0.2) is 79.4 Å². The summed E-state index contributed by atoms with van der Waals surface area (Å²) in [4.78, 5) is 41.5. The number of carbonyl (C=O) groups is 3. The lowest BCUT2D eigenvalue weighted by Gasteiger charge is -2.66. The molecule has 10 heteroatoms. The van der Waals surface area contributed by atoms with E-state index in [0.717, 1.165) is 18.4 Å². The van der Waals surface area contributed by atoms with Crippen molar-refractivity contribution in [3.8, 4) is 0 Å². The van der Waals surface area contributed by atoms with Crippen LogP contribution in [0.25, 0.3) is 0 Å². The van der Waals surface area contributed by atoms with E-state index in [-0.39, 0.29) is 66.0 Å². The molecular formula is C44H64O10. The first-order chi connectivity index (χ1) is 25.0. The Morgan fingerprint density at radius 1 is 0.685 bits per heavy atom. The third kappa shape index (κ3) is 4.25. The molecule has 3 spiro atoms. The number of ketones is 1. The summed E-state index contributed by atoms with van der Waals surface area (Å²) in [5, 5.41) is 48.3. The van der Waals surface area contributed by atoms with Crippen LogP contribution in [0.2, 0.25) is 0 Å². The molecule has 4 N–H and O–H groups in total. The summed E-state index contributed by atoms with van der Waals surface area (Å²) in [6.07, 6.45) is 4.69. The molecule has 300 valence electrons. The van der Waals surface area contributed by atoms with Gasteiger partial charge in [-0.2, -0.15) is 0 Å². The summed E-state index contributed by atoms with van der Waals surface area (Å²) in [7, 11) is 0. The van der Waals surface area contributed by atoms with E-state index in [1.54, 1.807) is 0 Å². The Balaban J connectivity index is 1.17. The summed E-state index contributed by atoms with van der Waals surface area (Å²) in [6.45, 7) is 15.9. The third-order valence-electron chi connectivity index (χ3n) is 18.9. The highest BCUT2D eigenvalue weighted by molar-refractivity contribution is 5.98. The Bertz CT molecular complexity index is 1730. The summed E-state index contributed by atoms with van der Waals surface area (Å²) in [6, 6.07) is 0. The Hall–Kier alpha value is -2.01. The van der Waals surface area contributed by atoms with Crippen LogP contribution in [0.3, 0.4) is 0 Å². The lowest BCUT2D eigenvalue weighted by Crippen LogP contribution is -2.65. The second-order valence-electron chi connectivity index (χ2n) is 21.9. The van der Waals surface area contributed by atoms with Crippen LogP contribution in [0.1, 0.15) is 145 Å². The van der Waals surface area contributed by atoms with Gasteiger partial charge in [0.25, 0.3) is 0 Å². The van der Waals surface area contributed by atoms with Gasteiger partial charge >= 0.3 is 11.9 Å². The Morgan fingerprint density at radius 3 is 1.72 bits per heavy atom. The fourth-order valence-corrected chi connectivity index (χ4v) is 17.2. The molecule has 9 aliphatic rings. The quantitative estimate of drug-likeness (QED) is 0.258. The maximum Gasteiger partial charge on any atom is 0.302 e. The molecule has 0 amide bonds. The van der Waals surface area contributed by atoms with E-state index >= 15 is 4.79 Å². The number of ether oxygens (including phenoxy) is 3. The minimum atomic E-state index is -1.61. The fourth-order valence-electron chi connectivity index (χ4n) is 17.2. The molecule has 1 heterocycles. The molecule has 1 aliphatic heterocycles. The van der Waals surface area contributed by atoms with Gasteiger partial charge in [0.05, 0.1) is 17.8 Å². The molecule has 0 radical (unpaired) electrons. The molecule has 8 aliphatic carbocycles. The Labute approximate surface area is 320 Å². The Kier molecular flexibility index (Phi) is 7.60. The van der Waals surface area contributed by atoms with Crippen LogP contribution in [0.5, 0.6) is 0 Å². The first-order valence-corrected chi connectivity index (χ1v) is 21.1. The first-order valence-electron chi connectivity index (χ1n) is 21.1. The average molecular weight is 753 g/mol. The molecule has 15 atom stereocenters. The van der Waals surface area contributed by atoms with E-state index in [1.165, 1.54) is 13.8 Å². The number of fused-ring (bicyclic) bond motifs is 8. The van der Waals surface area contributed by atoms with Crippen molar-refractivity contribution in [2.75, 3.05) is 0 Å². The number of hydrogen-bond acceptors (Lipinski definition) is 10. The maximum absolute atomic E-state index is 15.9. The highest BCUT2D eigenvalue weighted by atomic mass is 16.6. The normalized spacial score (nSPS) is 54.7. The van der Waals surface area contributed by atoms with Gasteiger partial charge in [0.1, 0.15) is 23.6 Å². The summed E-state index contributed by atoms with van der Waals surface area (Å²) >= 11 is 0. The van der Waals surface area contributed by atoms with Crippen LogP contribution < -0.4 is 0 Å². The maximum atomic E-state index is 15.9. The molecule has 4 bridgehead atoms. The molecule has 10 nitrogen and oxygen atoms in total. The van der Waals surface area contributed by atoms with Gasteiger partial charge in [0.2, 0.25) is 0 Å². The second kappa shape index (κ2) is 10.9. The highest BCUT2D eigenvalue weighted by Gasteiger charge is 2.83. The van der Waals surface area contributed by atoms with Crippen LogP contribution in [0.15, 0.2) is 11.3 Å². The number of esters is 2. The van der Waals surface area contributed by atoms with Gasteiger partial charge in [0.15, 0.2) is 11.4 Å². The third-order valence-corrected chi connectivity index (χ3v) is 18.9. The molecule has 0 aromatic rings.